The zero-order valence-corrected chi connectivity index (χ0v) is 11.8. The van der Waals surface area contributed by atoms with Crippen molar-refractivity contribution in [2.45, 2.75) is 11.1 Å². The number of nitrogens with one attached hydrogen (secondary N) is 1. The first-order valence-electron chi connectivity index (χ1n) is 4.75. The van der Waals surface area contributed by atoms with Crippen LogP contribution in [0.25, 0.3) is 0 Å². The molecule has 0 aliphatic heterocycles. The molecule has 1 aromatic rings. The summed E-state index contributed by atoms with van der Waals surface area (Å²) in [6.07, 6.45) is -4.57. The predicted octanol–water partition coefficient (Wildman–Crippen LogP) is 2.02. The second kappa shape index (κ2) is 6.76. The minimum absolute atomic E-state index is 0. The van der Waals surface area contributed by atoms with Gasteiger partial charge in [0.2, 0.25) is 10.0 Å². The van der Waals surface area contributed by atoms with Crippen LogP contribution in [0.4, 0.5) is 13.2 Å². The van der Waals surface area contributed by atoms with Crippen molar-refractivity contribution in [3.63, 3.8) is 0 Å². The van der Waals surface area contributed by atoms with Gasteiger partial charge in [-0.1, -0.05) is 11.6 Å². The number of rotatable bonds is 4. The smallest absolute Gasteiger partial charge is 0.329 e. The molecule has 0 fully saturated rings. The molecule has 4 nitrogen and oxygen atoms in total. The van der Waals surface area contributed by atoms with Crippen molar-refractivity contribution < 1.29 is 21.6 Å². The van der Waals surface area contributed by atoms with Crippen LogP contribution in [0.1, 0.15) is 5.56 Å². The van der Waals surface area contributed by atoms with Crippen LogP contribution in [0.2, 0.25) is 5.02 Å². The van der Waals surface area contributed by atoms with Gasteiger partial charge in [0.1, 0.15) is 4.90 Å². The average molecular weight is 339 g/mol. The minimum atomic E-state index is -4.57. The molecule has 0 aromatic heterocycles. The van der Waals surface area contributed by atoms with Gasteiger partial charge in [-0.05, 0) is 18.2 Å². The van der Waals surface area contributed by atoms with Gasteiger partial charge in [-0.25, -0.2) is 13.1 Å². The molecule has 0 saturated heterocycles. The summed E-state index contributed by atoms with van der Waals surface area (Å²) >= 11 is 5.55. The summed E-state index contributed by atoms with van der Waals surface area (Å²) in [6.45, 7) is 0.0389. The Hall–Kier alpha value is -0.540. The first kappa shape index (κ1) is 18.5. The van der Waals surface area contributed by atoms with Gasteiger partial charge in [-0.15, -0.1) is 12.4 Å². The summed E-state index contributed by atoms with van der Waals surface area (Å²) < 4.78 is 62.5. The Morgan fingerprint density at radius 1 is 1.32 bits per heavy atom. The van der Waals surface area contributed by atoms with E-state index in [1.165, 1.54) is 0 Å². The van der Waals surface area contributed by atoms with E-state index in [1.807, 2.05) is 0 Å². The molecule has 1 rings (SSSR count). The number of sulfonamides is 1. The van der Waals surface area contributed by atoms with Gasteiger partial charge in [0, 0.05) is 13.1 Å². The summed E-state index contributed by atoms with van der Waals surface area (Å²) in [5, 5.41) is -0.491. The lowest BCUT2D eigenvalue weighted by Crippen LogP contribution is -2.29. The zero-order chi connectivity index (χ0) is 14.0. The molecular weight excluding hydrogens is 328 g/mol. The zero-order valence-electron chi connectivity index (χ0n) is 9.37. The third kappa shape index (κ3) is 4.81. The molecule has 0 unspecified atom stereocenters. The van der Waals surface area contributed by atoms with Gasteiger partial charge >= 0.3 is 6.18 Å². The molecule has 19 heavy (non-hydrogen) atoms. The normalized spacial score (nSPS) is 12.1. The molecule has 0 saturated carbocycles. The molecule has 0 spiro atoms. The summed E-state index contributed by atoms with van der Waals surface area (Å²) in [5.41, 5.74) is 4.12. The largest absolute Gasteiger partial charge is 0.416 e. The monoisotopic (exact) mass is 338 g/mol. The lowest BCUT2D eigenvalue weighted by Gasteiger charge is -2.10. The molecule has 0 atom stereocenters. The topological polar surface area (TPSA) is 72.2 Å². The molecule has 110 valence electrons. The SMILES string of the molecule is Cl.NCCNS(=O)(=O)c1ccc(C(F)(F)F)cc1Cl. The summed E-state index contributed by atoms with van der Waals surface area (Å²) in [7, 11) is -3.94. The molecule has 1 aromatic carbocycles. The number of benzene rings is 1. The Labute approximate surface area is 119 Å². The lowest BCUT2D eigenvalue weighted by atomic mass is 10.2. The van der Waals surface area contributed by atoms with Crippen molar-refractivity contribution in [2.24, 2.45) is 5.73 Å². The van der Waals surface area contributed by atoms with Crippen LogP contribution in [0.3, 0.4) is 0 Å². The first-order chi connectivity index (χ1) is 8.18. The van der Waals surface area contributed by atoms with E-state index in [2.05, 4.69) is 4.72 Å². The highest BCUT2D eigenvalue weighted by atomic mass is 35.5. The van der Waals surface area contributed by atoms with Crippen LogP contribution >= 0.6 is 24.0 Å². The van der Waals surface area contributed by atoms with Crippen LogP contribution in [0.15, 0.2) is 23.1 Å². The Morgan fingerprint density at radius 2 is 1.89 bits per heavy atom. The van der Waals surface area contributed by atoms with Crippen molar-refractivity contribution in [1.29, 1.82) is 0 Å². The van der Waals surface area contributed by atoms with E-state index in [0.717, 1.165) is 6.07 Å². The maximum atomic E-state index is 12.4. The lowest BCUT2D eigenvalue weighted by molar-refractivity contribution is -0.137. The molecule has 0 aliphatic carbocycles. The van der Waals surface area contributed by atoms with Crippen LogP contribution in [0.5, 0.6) is 0 Å². The van der Waals surface area contributed by atoms with E-state index in [-0.39, 0.29) is 25.5 Å². The molecule has 0 bridgehead atoms. The van der Waals surface area contributed by atoms with Crippen molar-refractivity contribution in [2.75, 3.05) is 13.1 Å². The van der Waals surface area contributed by atoms with Crippen LogP contribution in [-0.4, -0.2) is 21.5 Å². The van der Waals surface area contributed by atoms with E-state index in [4.69, 9.17) is 17.3 Å². The fourth-order valence-electron chi connectivity index (χ4n) is 1.17. The van der Waals surface area contributed by atoms with Crippen molar-refractivity contribution >= 4 is 34.0 Å². The fourth-order valence-corrected chi connectivity index (χ4v) is 2.76. The van der Waals surface area contributed by atoms with E-state index in [1.54, 1.807) is 0 Å². The van der Waals surface area contributed by atoms with E-state index < -0.39 is 31.7 Å². The Bertz CT molecular complexity index is 535. The van der Waals surface area contributed by atoms with E-state index >= 15 is 0 Å². The molecule has 0 amide bonds. The van der Waals surface area contributed by atoms with Gasteiger partial charge < -0.3 is 5.73 Å². The van der Waals surface area contributed by atoms with Crippen molar-refractivity contribution in [3.8, 4) is 0 Å². The van der Waals surface area contributed by atoms with Crippen LogP contribution in [-0.2, 0) is 16.2 Å². The third-order valence-corrected chi connectivity index (χ3v) is 3.93. The molecule has 0 radical (unpaired) electrons. The standard InChI is InChI=1S/C9H10ClF3N2O2S.ClH/c10-7-5-6(9(11,12)13)1-2-8(7)18(16,17)15-4-3-14;/h1-2,5,15H,3-4,14H2;1H. The Balaban J connectivity index is 0.00000324. The summed E-state index contributed by atoms with van der Waals surface area (Å²) in [5.74, 6) is 0. The maximum absolute atomic E-state index is 12.4. The highest BCUT2D eigenvalue weighted by Crippen LogP contribution is 2.33. The van der Waals surface area contributed by atoms with Gasteiger partial charge in [0.15, 0.2) is 0 Å². The number of hydrogen-bond acceptors (Lipinski definition) is 3. The minimum Gasteiger partial charge on any atom is -0.329 e. The predicted molar refractivity (Wildman–Crippen MR) is 67.9 cm³/mol. The highest BCUT2D eigenvalue weighted by Gasteiger charge is 2.32. The quantitative estimate of drug-likeness (QED) is 0.882. The van der Waals surface area contributed by atoms with Crippen molar-refractivity contribution in [3.05, 3.63) is 28.8 Å². The molecule has 10 heteroatoms. The molecular formula is C9H11Cl2F3N2O2S. The van der Waals surface area contributed by atoms with Gasteiger partial charge in [-0.2, -0.15) is 13.2 Å². The first-order valence-corrected chi connectivity index (χ1v) is 6.61. The van der Waals surface area contributed by atoms with Crippen molar-refractivity contribution in [1.82, 2.24) is 4.72 Å². The molecule has 0 heterocycles. The fraction of sp³-hybridized carbons (Fsp3) is 0.333. The maximum Gasteiger partial charge on any atom is 0.416 e. The number of nitrogens with two attached hydrogens (primary N) is 1. The number of alkyl halides is 3. The molecule has 0 aliphatic rings. The van der Waals surface area contributed by atoms with Crippen LogP contribution in [0, 0.1) is 0 Å². The molecule has 3 N–H and O–H groups in total. The second-order valence-electron chi connectivity index (χ2n) is 3.33. The van der Waals surface area contributed by atoms with E-state index in [9.17, 15) is 21.6 Å². The Kier molecular flexibility index (Phi) is 6.56. The number of halogens is 5. The Morgan fingerprint density at radius 3 is 2.32 bits per heavy atom. The van der Waals surface area contributed by atoms with Gasteiger partial charge in [0.05, 0.1) is 10.6 Å². The third-order valence-electron chi connectivity index (χ3n) is 1.99. The van der Waals surface area contributed by atoms with Gasteiger partial charge in [0.25, 0.3) is 0 Å². The summed E-state index contributed by atoms with van der Waals surface area (Å²) in [6, 6.07) is 2.03. The second-order valence-corrected chi connectivity index (χ2v) is 5.47. The highest BCUT2D eigenvalue weighted by molar-refractivity contribution is 7.89. The van der Waals surface area contributed by atoms with Gasteiger partial charge in [-0.3, -0.25) is 0 Å². The average Bonchev–Trinajstić information content (AvgIpc) is 2.24. The number of hydrogen-bond donors (Lipinski definition) is 2. The summed E-state index contributed by atoms with van der Waals surface area (Å²) in [4.78, 5) is -0.411. The van der Waals surface area contributed by atoms with E-state index in [0.29, 0.717) is 12.1 Å². The van der Waals surface area contributed by atoms with Crippen LogP contribution < -0.4 is 10.5 Å².